The van der Waals surface area contributed by atoms with Gasteiger partial charge in [0.2, 0.25) is 5.91 Å². The molecule has 0 bridgehead atoms. The molecule has 1 heterocycles. The number of hydrogen-bond donors (Lipinski definition) is 0. The van der Waals surface area contributed by atoms with Gasteiger partial charge in [-0.15, -0.1) is 0 Å². The standard InChI is InChI=1S/C45H55NO8/c1-26-12-35-13-27(2)21-44(35,20-26)42(49)53-37-10-8-31(18-39(37)51-6)16-33-24-46(30(5)47)25-34(41(33)48)17-32-9-11-38(40(19-32)52-7)54-43(50)45-22-28(3)14-36(45)15-29(4)23-45/h8-11,16-19,26-29,35-36H,12-15,20-25H2,1-7H3/b33-16+,34-17+. The van der Waals surface area contributed by atoms with Crippen LogP contribution in [0.1, 0.15) is 97.1 Å². The number of amides is 1. The van der Waals surface area contributed by atoms with Crippen molar-refractivity contribution < 1.29 is 38.1 Å². The van der Waals surface area contributed by atoms with Crippen molar-refractivity contribution in [3.05, 3.63) is 58.7 Å². The van der Waals surface area contributed by atoms with Gasteiger partial charge in [-0.05, 0) is 134 Å². The monoisotopic (exact) mass is 737 g/mol. The highest BCUT2D eigenvalue weighted by Crippen LogP contribution is 2.60. The van der Waals surface area contributed by atoms with Crippen molar-refractivity contribution in [2.45, 2.75) is 86.0 Å². The van der Waals surface area contributed by atoms with Crippen LogP contribution in [0.2, 0.25) is 0 Å². The average Bonchev–Trinajstić information content (AvgIpc) is 3.81. The minimum absolute atomic E-state index is 0.153. The SMILES string of the molecule is COc1cc(/C=C2\CN(C(C)=O)C/C(=C\c3ccc(OC(=O)C45CC(C)CC4CC(C)C5)c(OC)c3)C2=O)ccc1OC(=O)C12CC(C)CC1CC(C)C2. The number of likely N-dealkylation sites (tertiary alicyclic amines) is 1. The van der Waals surface area contributed by atoms with Gasteiger partial charge in [0.1, 0.15) is 0 Å². The van der Waals surface area contributed by atoms with Crippen LogP contribution >= 0.6 is 0 Å². The van der Waals surface area contributed by atoms with E-state index in [1.54, 1.807) is 53.5 Å². The van der Waals surface area contributed by atoms with Crippen LogP contribution in [-0.2, 0) is 19.2 Å². The molecule has 2 aromatic carbocycles. The number of ketones is 1. The van der Waals surface area contributed by atoms with Gasteiger partial charge in [-0.25, -0.2) is 0 Å². The highest BCUT2D eigenvalue weighted by atomic mass is 16.6. The number of esters is 2. The van der Waals surface area contributed by atoms with Crippen molar-refractivity contribution in [2.24, 2.45) is 46.3 Å². The van der Waals surface area contributed by atoms with Crippen molar-refractivity contribution in [1.29, 1.82) is 0 Å². The zero-order valence-corrected chi connectivity index (χ0v) is 32.9. The second-order valence-electron chi connectivity index (χ2n) is 17.5. The number of carbonyl (C=O) groups excluding carboxylic acids is 4. The van der Waals surface area contributed by atoms with E-state index in [4.69, 9.17) is 18.9 Å². The first-order valence-electron chi connectivity index (χ1n) is 19.8. The Hall–Kier alpha value is -4.40. The smallest absolute Gasteiger partial charge is 0.317 e. The summed E-state index contributed by atoms with van der Waals surface area (Å²) in [7, 11) is 3.07. The number of carbonyl (C=O) groups is 4. The fourth-order valence-electron chi connectivity index (χ4n) is 11.1. The van der Waals surface area contributed by atoms with Crippen molar-refractivity contribution in [3.63, 3.8) is 0 Å². The number of rotatable bonds is 8. The Morgan fingerprint density at radius 3 is 1.33 bits per heavy atom. The van der Waals surface area contributed by atoms with Crippen molar-refractivity contribution >= 4 is 35.8 Å². The van der Waals surface area contributed by atoms with Crippen molar-refractivity contribution in [2.75, 3.05) is 27.3 Å². The van der Waals surface area contributed by atoms with Gasteiger partial charge in [-0.3, -0.25) is 19.2 Å². The maximum atomic E-state index is 14.0. The fraction of sp³-hybridized carbons (Fsp3) is 0.556. The predicted molar refractivity (Wildman–Crippen MR) is 206 cm³/mol. The molecule has 54 heavy (non-hydrogen) atoms. The van der Waals surface area contributed by atoms with Crippen molar-refractivity contribution in [3.8, 4) is 23.0 Å². The van der Waals surface area contributed by atoms with E-state index < -0.39 is 10.8 Å². The third-order valence-corrected chi connectivity index (χ3v) is 13.2. The summed E-state index contributed by atoms with van der Waals surface area (Å²) < 4.78 is 23.5. The molecule has 0 aromatic heterocycles. The van der Waals surface area contributed by atoms with E-state index in [1.807, 2.05) is 0 Å². The molecule has 4 saturated carbocycles. The molecule has 4 unspecified atom stereocenters. The first-order valence-corrected chi connectivity index (χ1v) is 19.8. The molecule has 9 nitrogen and oxygen atoms in total. The third kappa shape index (κ3) is 6.99. The molecule has 0 N–H and O–H groups in total. The van der Waals surface area contributed by atoms with E-state index in [-0.39, 0.29) is 36.7 Å². The molecular formula is C45H55NO8. The highest BCUT2D eigenvalue weighted by Gasteiger charge is 2.58. The minimum Gasteiger partial charge on any atom is -0.493 e. The molecule has 7 rings (SSSR count). The first kappa shape index (κ1) is 37.9. The Bertz CT molecular complexity index is 1750. The number of nitrogens with zero attached hydrogens (tertiary/aromatic N) is 1. The van der Waals surface area contributed by atoms with Crippen LogP contribution in [0.15, 0.2) is 47.5 Å². The second-order valence-corrected chi connectivity index (χ2v) is 17.5. The number of hydrogen-bond acceptors (Lipinski definition) is 8. The van der Waals surface area contributed by atoms with E-state index in [2.05, 4.69) is 27.7 Å². The molecule has 0 radical (unpaired) electrons. The van der Waals surface area contributed by atoms with Gasteiger partial charge < -0.3 is 23.8 Å². The summed E-state index contributed by atoms with van der Waals surface area (Å²) in [5.41, 5.74) is 1.36. The van der Waals surface area contributed by atoms with E-state index in [0.29, 0.717) is 80.8 Å². The lowest BCUT2D eigenvalue weighted by atomic mass is 9.80. The number of methoxy groups -OCH3 is 2. The van der Waals surface area contributed by atoms with Gasteiger partial charge in [0.05, 0.1) is 25.0 Å². The predicted octanol–water partition coefficient (Wildman–Crippen LogP) is 8.34. The Morgan fingerprint density at radius 1 is 0.630 bits per heavy atom. The molecule has 4 aliphatic carbocycles. The van der Waals surface area contributed by atoms with Crippen LogP contribution in [0.4, 0.5) is 0 Å². The zero-order chi connectivity index (χ0) is 38.5. The molecule has 5 fully saturated rings. The zero-order valence-electron chi connectivity index (χ0n) is 32.9. The maximum absolute atomic E-state index is 14.0. The van der Waals surface area contributed by atoms with Gasteiger partial charge in [-0.1, -0.05) is 39.8 Å². The van der Waals surface area contributed by atoms with E-state index in [1.165, 1.54) is 21.1 Å². The van der Waals surface area contributed by atoms with Crippen LogP contribution in [0.3, 0.4) is 0 Å². The summed E-state index contributed by atoms with van der Waals surface area (Å²) in [6, 6.07) is 10.6. The van der Waals surface area contributed by atoms with Gasteiger partial charge in [0.25, 0.3) is 0 Å². The average molecular weight is 738 g/mol. The normalized spacial score (nSPS) is 33.2. The van der Waals surface area contributed by atoms with E-state index >= 15 is 0 Å². The summed E-state index contributed by atoms with van der Waals surface area (Å²) >= 11 is 0. The number of fused-ring (bicyclic) bond motifs is 2. The summed E-state index contributed by atoms with van der Waals surface area (Å²) in [6.45, 7) is 10.7. The highest BCUT2D eigenvalue weighted by molar-refractivity contribution is 6.15. The third-order valence-electron chi connectivity index (χ3n) is 13.2. The van der Waals surface area contributed by atoms with Crippen LogP contribution in [0, 0.1) is 46.3 Å². The van der Waals surface area contributed by atoms with E-state index in [9.17, 15) is 19.2 Å². The summed E-state index contributed by atoms with van der Waals surface area (Å²) in [5.74, 6) is 3.50. The largest absolute Gasteiger partial charge is 0.493 e. The molecule has 1 aliphatic heterocycles. The lowest BCUT2D eigenvalue weighted by Crippen LogP contribution is -2.40. The molecule has 2 aromatic rings. The topological polar surface area (TPSA) is 108 Å². The number of benzene rings is 2. The van der Waals surface area contributed by atoms with Gasteiger partial charge in [0.15, 0.2) is 28.8 Å². The molecular weight excluding hydrogens is 682 g/mol. The number of Topliss-reactive ketones (excluding diaryl/α,β-unsaturated/α-hetero) is 1. The molecule has 9 heteroatoms. The van der Waals surface area contributed by atoms with Crippen LogP contribution < -0.4 is 18.9 Å². The van der Waals surface area contributed by atoms with Crippen LogP contribution in [-0.4, -0.2) is 55.8 Å². The molecule has 288 valence electrons. The second kappa shape index (κ2) is 14.7. The minimum atomic E-state index is -0.446. The Kier molecular flexibility index (Phi) is 10.3. The lowest BCUT2D eigenvalue weighted by molar-refractivity contribution is -0.148. The van der Waals surface area contributed by atoms with Crippen LogP contribution in [0.25, 0.3) is 12.2 Å². The molecule has 1 saturated heterocycles. The first-order chi connectivity index (χ1) is 25.7. The Morgan fingerprint density at radius 2 is 1.00 bits per heavy atom. The van der Waals surface area contributed by atoms with E-state index in [0.717, 1.165) is 51.4 Å². The number of piperidine rings is 1. The van der Waals surface area contributed by atoms with Gasteiger partial charge >= 0.3 is 11.9 Å². The summed E-state index contributed by atoms with van der Waals surface area (Å²) in [4.78, 5) is 55.7. The quantitative estimate of drug-likeness (QED) is 0.151. The van der Waals surface area contributed by atoms with Crippen LogP contribution in [0.5, 0.6) is 23.0 Å². The number of ether oxygens (including phenoxy) is 4. The van der Waals surface area contributed by atoms with Gasteiger partial charge in [-0.2, -0.15) is 0 Å². The summed E-state index contributed by atoms with van der Waals surface area (Å²) in [6.07, 6.45) is 11.1. The van der Waals surface area contributed by atoms with Gasteiger partial charge in [0, 0.05) is 31.2 Å². The fourth-order valence-corrected chi connectivity index (χ4v) is 11.1. The molecule has 5 aliphatic rings. The van der Waals surface area contributed by atoms with Crippen molar-refractivity contribution in [1.82, 2.24) is 4.90 Å². The maximum Gasteiger partial charge on any atom is 0.317 e. The Balaban J connectivity index is 1.11. The summed E-state index contributed by atoms with van der Waals surface area (Å²) in [5, 5.41) is 0. The Labute approximate surface area is 319 Å². The molecule has 0 spiro atoms. The molecule has 1 amide bonds. The lowest BCUT2D eigenvalue weighted by Gasteiger charge is -2.29. The molecule has 4 atom stereocenters.